The number of hydrogen-bond acceptors (Lipinski definition) is 5. The van der Waals surface area contributed by atoms with E-state index >= 15 is 0 Å². The fourth-order valence-corrected chi connectivity index (χ4v) is 5.55. The molecule has 2 aliphatic heterocycles. The first-order chi connectivity index (χ1) is 11.9. The van der Waals surface area contributed by atoms with Crippen LogP contribution < -0.4 is 0 Å². The van der Waals surface area contributed by atoms with Gasteiger partial charge in [-0.2, -0.15) is 16.1 Å². The number of rotatable bonds is 3. The summed E-state index contributed by atoms with van der Waals surface area (Å²) >= 11 is 1.74. The molecular weight excluding hydrogens is 364 g/mol. The number of nitrogens with one attached hydrogen (secondary N) is 1. The van der Waals surface area contributed by atoms with Crippen molar-refractivity contribution in [3.63, 3.8) is 0 Å². The molecule has 2 aliphatic rings. The van der Waals surface area contributed by atoms with Gasteiger partial charge < -0.3 is 14.8 Å². The number of amides is 2. The fraction of sp³-hybridized carbons (Fsp3) is 0.600. The lowest BCUT2D eigenvalue weighted by molar-refractivity contribution is -0.130. The number of nitrogens with zero attached hydrogens (tertiary/aromatic N) is 3. The molecule has 0 bridgehead atoms. The van der Waals surface area contributed by atoms with Gasteiger partial charge in [-0.25, -0.2) is 8.42 Å². The lowest BCUT2D eigenvalue weighted by Gasteiger charge is -2.33. The van der Waals surface area contributed by atoms with Crippen LogP contribution in [0, 0.1) is 0 Å². The third kappa shape index (κ3) is 3.85. The second-order valence-corrected chi connectivity index (χ2v) is 9.23. The molecule has 1 N–H and O–H groups in total. The van der Waals surface area contributed by atoms with E-state index in [1.54, 1.807) is 21.6 Å². The minimum absolute atomic E-state index is 0.0000435. The summed E-state index contributed by atoms with van der Waals surface area (Å²) in [4.78, 5) is 30.2. The zero-order chi connectivity index (χ0) is 18.0. The molecule has 0 radical (unpaired) electrons. The van der Waals surface area contributed by atoms with E-state index in [-0.39, 0.29) is 22.4 Å². The van der Waals surface area contributed by atoms with Gasteiger partial charge in [0.15, 0.2) is 0 Å². The van der Waals surface area contributed by atoms with Crippen LogP contribution in [0.15, 0.2) is 17.2 Å². The van der Waals surface area contributed by atoms with E-state index < -0.39 is 10.0 Å². The topological polar surface area (TPSA) is 93.8 Å². The van der Waals surface area contributed by atoms with E-state index in [0.29, 0.717) is 39.3 Å². The number of thioether (sulfide) groups is 1. The molecule has 1 aromatic heterocycles. The maximum absolute atomic E-state index is 12.6. The van der Waals surface area contributed by atoms with Gasteiger partial charge in [0.2, 0.25) is 15.9 Å². The Morgan fingerprint density at radius 1 is 1.04 bits per heavy atom. The van der Waals surface area contributed by atoms with Gasteiger partial charge in [-0.3, -0.25) is 9.59 Å². The van der Waals surface area contributed by atoms with Gasteiger partial charge in [0.1, 0.15) is 10.6 Å². The van der Waals surface area contributed by atoms with Crippen molar-refractivity contribution in [3.8, 4) is 0 Å². The molecule has 3 heterocycles. The number of carbonyl (C=O) groups is 2. The summed E-state index contributed by atoms with van der Waals surface area (Å²) in [6.07, 6.45) is 1.39. The van der Waals surface area contributed by atoms with E-state index in [0.717, 1.165) is 11.5 Å². The highest BCUT2D eigenvalue weighted by atomic mass is 32.2. The maximum atomic E-state index is 12.6. The highest BCUT2D eigenvalue weighted by Gasteiger charge is 2.29. The Labute approximate surface area is 151 Å². The number of sulfonamides is 1. The summed E-state index contributed by atoms with van der Waals surface area (Å²) in [5.74, 6) is 1.34. The molecule has 3 rings (SSSR count). The van der Waals surface area contributed by atoms with Gasteiger partial charge in [0, 0.05) is 63.9 Å². The number of carbonyl (C=O) groups excluding carboxylic acids is 2. The Morgan fingerprint density at radius 3 is 2.24 bits per heavy atom. The Morgan fingerprint density at radius 2 is 1.64 bits per heavy atom. The maximum Gasteiger partial charge on any atom is 0.270 e. The standard InChI is InChI=1S/C15H22N4O4S2/c1-12(20)17-2-4-18(5-3-17)15(21)14-10-13(11-16-14)25(22,23)19-6-8-24-9-7-19/h10-11,16H,2-9H2,1H3. The SMILES string of the molecule is CC(=O)N1CCN(C(=O)c2cc(S(=O)(=O)N3CCSCC3)c[nH]2)CC1. The molecule has 25 heavy (non-hydrogen) atoms. The molecule has 0 spiro atoms. The van der Waals surface area contributed by atoms with Gasteiger partial charge in [0.05, 0.1) is 0 Å². The van der Waals surface area contributed by atoms with Crippen molar-refractivity contribution < 1.29 is 18.0 Å². The largest absolute Gasteiger partial charge is 0.356 e. The van der Waals surface area contributed by atoms with Gasteiger partial charge >= 0.3 is 0 Å². The minimum atomic E-state index is -3.56. The average molecular weight is 386 g/mol. The van der Waals surface area contributed by atoms with Crippen LogP contribution >= 0.6 is 11.8 Å². The number of H-pyrrole nitrogens is 1. The third-order valence-corrected chi connectivity index (χ3v) is 7.33. The van der Waals surface area contributed by atoms with Crippen LogP contribution in [0.5, 0.6) is 0 Å². The molecule has 0 unspecified atom stereocenters. The number of aromatic amines is 1. The van der Waals surface area contributed by atoms with Crippen molar-refractivity contribution in [1.29, 1.82) is 0 Å². The van der Waals surface area contributed by atoms with Gasteiger partial charge in [-0.05, 0) is 6.07 Å². The Kier molecular flexibility index (Phi) is 5.40. The van der Waals surface area contributed by atoms with Crippen LogP contribution in [0.1, 0.15) is 17.4 Å². The van der Waals surface area contributed by atoms with E-state index in [2.05, 4.69) is 4.98 Å². The van der Waals surface area contributed by atoms with Crippen molar-refractivity contribution in [3.05, 3.63) is 18.0 Å². The summed E-state index contributed by atoms with van der Waals surface area (Å²) in [5, 5.41) is 0. The third-order valence-electron chi connectivity index (χ3n) is 4.51. The first-order valence-electron chi connectivity index (χ1n) is 8.20. The summed E-state index contributed by atoms with van der Waals surface area (Å²) in [7, 11) is -3.56. The van der Waals surface area contributed by atoms with Crippen molar-refractivity contribution >= 4 is 33.6 Å². The smallest absolute Gasteiger partial charge is 0.270 e. The zero-order valence-electron chi connectivity index (χ0n) is 14.1. The van der Waals surface area contributed by atoms with Crippen molar-refractivity contribution in [1.82, 2.24) is 19.1 Å². The van der Waals surface area contributed by atoms with E-state index in [1.165, 1.54) is 23.5 Å². The molecule has 8 nitrogen and oxygen atoms in total. The Hall–Kier alpha value is -1.52. The fourth-order valence-electron chi connectivity index (χ4n) is 2.98. The molecule has 10 heteroatoms. The van der Waals surface area contributed by atoms with E-state index in [9.17, 15) is 18.0 Å². The number of hydrogen-bond donors (Lipinski definition) is 1. The summed E-state index contributed by atoms with van der Waals surface area (Å²) in [6, 6.07) is 1.41. The highest BCUT2D eigenvalue weighted by molar-refractivity contribution is 7.99. The number of piperazine rings is 1. The monoisotopic (exact) mass is 386 g/mol. The van der Waals surface area contributed by atoms with Crippen LogP contribution in [0.3, 0.4) is 0 Å². The summed E-state index contributed by atoms with van der Waals surface area (Å²) < 4.78 is 26.8. The molecule has 0 aromatic carbocycles. The van der Waals surface area contributed by atoms with Crippen LogP contribution in [0.4, 0.5) is 0 Å². The first-order valence-corrected chi connectivity index (χ1v) is 10.8. The summed E-state index contributed by atoms with van der Waals surface area (Å²) in [5.41, 5.74) is 0.265. The second kappa shape index (κ2) is 7.38. The first kappa shape index (κ1) is 18.3. The molecule has 2 amide bonds. The van der Waals surface area contributed by atoms with Crippen LogP contribution in [-0.4, -0.2) is 90.1 Å². The normalized spacial score (nSPS) is 19.9. The van der Waals surface area contributed by atoms with Crippen LogP contribution in [-0.2, 0) is 14.8 Å². The molecule has 2 saturated heterocycles. The van der Waals surface area contributed by atoms with E-state index in [4.69, 9.17) is 0 Å². The van der Waals surface area contributed by atoms with E-state index in [1.807, 2.05) is 0 Å². The molecule has 138 valence electrons. The quantitative estimate of drug-likeness (QED) is 0.793. The zero-order valence-corrected chi connectivity index (χ0v) is 15.7. The molecule has 2 fully saturated rings. The molecule has 0 atom stereocenters. The predicted molar refractivity (Wildman–Crippen MR) is 95.0 cm³/mol. The van der Waals surface area contributed by atoms with Crippen molar-refractivity contribution in [2.75, 3.05) is 50.8 Å². The Balaban J connectivity index is 1.69. The average Bonchev–Trinajstić information content (AvgIpc) is 3.13. The predicted octanol–water partition coefficient (Wildman–Crippen LogP) is 0.0565. The van der Waals surface area contributed by atoms with Crippen molar-refractivity contribution in [2.24, 2.45) is 0 Å². The van der Waals surface area contributed by atoms with Gasteiger partial charge in [-0.1, -0.05) is 0 Å². The highest BCUT2D eigenvalue weighted by Crippen LogP contribution is 2.21. The lowest BCUT2D eigenvalue weighted by Crippen LogP contribution is -2.50. The van der Waals surface area contributed by atoms with Gasteiger partial charge in [-0.15, -0.1) is 0 Å². The summed E-state index contributed by atoms with van der Waals surface area (Å²) in [6.45, 7) is 4.39. The van der Waals surface area contributed by atoms with Crippen LogP contribution in [0.25, 0.3) is 0 Å². The number of aromatic nitrogens is 1. The Bertz CT molecular complexity index is 747. The van der Waals surface area contributed by atoms with Crippen LogP contribution in [0.2, 0.25) is 0 Å². The lowest BCUT2D eigenvalue weighted by atomic mass is 10.3. The molecule has 1 aromatic rings. The second-order valence-electron chi connectivity index (χ2n) is 6.06. The van der Waals surface area contributed by atoms with Crippen molar-refractivity contribution in [2.45, 2.75) is 11.8 Å². The molecule has 0 aliphatic carbocycles. The molecular formula is C15H22N4O4S2. The van der Waals surface area contributed by atoms with Gasteiger partial charge in [0.25, 0.3) is 5.91 Å². The minimum Gasteiger partial charge on any atom is -0.356 e. The molecule has 0 saturated carbocycles.